The normalized spacial score (nSPS) is 13.4. The van der Waals surface area contributed by atoms with Crippen molar-refractivity contribution in [3.05, 3.63) is 29.3 Å². The van der Waals surface area contributed by atoms with Gasteiger partial charge in [-0.3, -0.25) is 0 Å². The maximum atomic E-state index is 6.23. The zero-order chi connectivity index (χ0) is 13.8. The summed E-state index contributed by atoms with van der Waals surface area (Å²) >= 11 is 1.84. The van der Waals surface area contributed by atoms with Gasteiger partial charge in [-0.15, -0.1) is 0 Å². The van der Waals surface area contributed by atoms with Crippen LogP contribution in [0.15, 0.2) is 18.2 Å². The Bertz CT molecular complexity index is 385. The molecule has 0 saturated heterocycles. The zero-order valence-corrected chi connectivity index (χ0v) is 12.9. The number of benzene rings is 1. The Labute approximate surface area is 115 Å². The van der Waals surface area contributed by atoms with Crippen molar-refractivity contribution in [1.29, 1.82) is 0 Å². The Balaban J connectivity index is 3.03. The van der Waals surface area contributed by atoms with Crippen LogP contribution >= 0.6 is 11.8 Å². The fourth-order valence-electron chi connectivity index (χ4n) is 1.95. The van der Waals surface area contributed by atoms with Gasteiger partial charge in [0.1, 0.15) is 5.75 Å². The van der Waals surface area contributed by atoms with E-state index in [4.69, 9.17) is 10.5 Å². The van der Waals surface area contributed by atoms with Crippen molar-refractivity contribution < 1.29 is 4.74 Å². The van der Waals surface area contributed by atoms with E-state index >= 15 is 0 Å². The number of nitrogens with two attached hydrogens (primary N) is 1. The van der Waals surface area contributed by atoms with Crippen LogP contribution in [0.25, 0.3) is 0 Å². The molecule has 0 amide bonds. The summed E-state index contributed by atoms with van der Waals surface area (Å²) < 4.78 is 5.44. The molecule has 0 heterocycles. The lowest BCUT2D eigenvalue weighted by Crippen LogP contribution is -2.16. The third-order valence-corrected chi connectivity index (χ3v) is 3.74. The minimum absolute atomic E-state index is 0.0700. The Hall–Kier alpha value is -0.670. The molecule has 2 N–H and O–H groups in total. The first-order chi connectivity index (χ1) is 8.40. The molecule has 18 heavy (non-hydrogen) atoms. The SMILES string of the molecule is COc1ccc(C(N)CCSC)cc1C(C)(C)C. The highest BCUT2D eigenvalue weighted by atomic mass is 32.2. The highest BCUT2D eigenvalue weighted by Gasteiger charge is 2.20. The predicted octanol–water partition coefficient (Wildman–Crippen LogP) is 3.75. The molecule has 0 spiro atoms. The van der Waals surface area contributed by atoms with Gasteiger partial charge in [0, 0.05) is 6.04 Å². The molecule has 1 aromatic carbocycles. The molecule has 0 aliphatic rings. The van der Waals surface area contributed by atoms with Gasteiger partial charge >= 0.3 is 0 Å². The molecule has 0 aliphatic carbocycles. The lowest BCUT2D eigenvalue weighted by molar-refractivity contribution is 0.397. The third-order valence-electron chi connectivity index (χ3n) is 3.09. The minimum atomic E-state index is 0.0700. The van der Waals surface area contributed by atoms with Gasteiger partial charge in [0.05, 0.1) is 7.11 Å². The van der Waals surface area contributed by atoms with E-state index in [0.29, 0.717) is 0 Å². The van der Waals surface area contributed by atoms with E-state index in [2.05, 4.69) is 39.2 Å². The highest BCUT2D eigenvalue weighted by Crippen LogP contribution is 2.33. The van der Waals surface area contributed by atoms with Crippen LogP contribution in [-0.4, -0.2) is 19.1 Å². The van der Waals surface area contributed by atoms with Gasteiger partial charge in [-0.25, -0.2) is 0 Å². The summed E-state index contributed by atoms with van der Waals surface area (Å²) in [5.41, 5.74) is 8.73. The number of thioether (sulfide) groups is 1. The smallest absolute Gasteiger partial charge is 0.122 e. The topological polar surface area (TPSA) is 35.2 Å². The standard InChI is InChI=1S/C15H25NOS/c1-15(2,3)12-10-11(6-7-14(12)17-4)13(16)8-9-18-5/h6-7,10,13H,8-9,16H2,1-5H3. The van der Waals surface area contributed by atoms with E-state index in [0.717, 1.165) is 17.9 Å². The van der Waals surface area contributed by atoms with Gasteiger partial charge in [0.15, 0.2) is 0 Å². The van der Waals surface area contributed by atoms with E-state index in [1.54, 1.807) is 7.11 Å². The Morgan fingerprint density at radius 3 is 2.50 bits per heavy atom. The molecule has 0 radical (unpaired) electrons. The number of ether oxygens (including phenoxy) is 1. The van der Waals surface area contributed by atoms with E-state index in [1.807, 2.05) is 17.8 Å². The first-order valence-corrected chi connectivity index (χ1v) is 7.72. The van der Waals surface area contributed by atoms with Gasteiger partial charge in [-0.1, -0.05) is 32.9 Å². The Kier molecular flexibility index (Phi) is 5.54. The number of hydrogen-bond donors (Lipinski definition) is 1. The van der Waals surface area contributed by atoms with E-state index < -0.39 is 0 Å². The predicted molar refractivity (Wildman–Crippen MR) is 81.6 cm³/mol. The summed E-state index contributed by atoms with van der Waals surface area (Å²) in [7, 11) is 1.72. The number of rotatable bonds is 5. The molecule has 0 aromatic heterocycles. The average Bonchev–Trinajstić information content (AvgIpc) is 2.34. The molecule has 1 atom stereocenters. The molecule has 0 fully saturated rings. The lowest BCUT2D eigenvalue weighted by atomic mass is 9.84. The van der Waals surface area contributed by atoms with Crippen molar-refractivity contribution in [2.75, 3.05) is 19.1 Å². The molecule has 2 nitrogen and oxygen atoms in total. The second-order valence-corrected chi connectivity index (χ2v) is 6.58. The van der Waals surface area contributed by atoms with Crippen molar-refractivity contribution in [3.63, 3.8) is 0 Å². The van der Waals surface area contributed by atoms with Gasteiger partial charge in [-0.05, 0) is 41.0 Å². The Morgan fingerprint density at radius 2 is 2.00 bits per heavy atom. The second kappa shape index (κ2) is 6.48. The van der Waals surface area contributed by atoms with Gasteiger partial charge in [0.25, 0.3) is 0 Å². The van der Waals surface area contributed by atoms with Crippen LogP contribution in [0.2, 0.25) is 0 Å². The molecule has 0 aliphatic heterocycles. The molecular formula is C15H25NOS. The molecule has 0 bridgehead atoms. The molecule has 1 aromatic rings. The van der Waals surface area contributed by atoms with Gasteiger partial charge < -0.3 is 10.5 Å². The van der Waals surface area contributed by atoms with Gasteiger partial charge in [0.2, 0.25) is 0 Å². The van der Waals surface area contributed by atoms with Crippen LogP contribution < -0.4 is 10.5 Å². The zero-order valence-electron chi connectivity index (χ0n) is 12.1. The maximum Gasteiger partial charge on any atom is 0.122 e. The van der Waals surface area contributed by atoms with Crippen LogP contribution in [0.4, 0.5) is 0 Å². The third kappa shape index (κ3) is 3.92. The van der Waals surface area contributed by atoms with Crippen molar-refractivity contribution in [1.82, 2.24) is 0 Å². The largest absolute Gasteiger partial charge is 0.496 e. The molecule has 1 rings (SSSR count). The monoisotopic (exact) mass is 267 g/mol. The van der Waals surface area contributed by atoms with Gasteiger partial charge in [-0.2, -0.15) is 11.8 Å². The Morgan fingerprint density at radius 1 is 1.33 bits per heavy atom. The average molecular weight is 267 g/mol. The van der Waals surface area contributed by atoms with Crippen LogP contribution in [0, 0.1) is 0 Å². The van der Waals surface area contributed by atoms with Crippen LogP contribution in [0.5, 0.6) is 5.75 Å². The van der Waals surface area contributed by atoms with Crippen LogP contribution in [0.1, 0.15) is 44.4 Å². The van der Waals surface area contributed by atoms with Crippen molar-refractivity contribution in [2.45, 2.75) is 38.6 Å². The summed E-state index contributed by atoms with van der Waals surface area (Å²) in [5.74, 6) is 2.04. The van der Waals surface area contributed by atoms with E-state index in [-0.39, 0.29) is 11.5 Å². The first kappa shape index (κ1) is 15.4. The quantitative estimate of drug-likeness (QED) is 0.882. The fourth-order valence-corrected chi connectivity index (χ4v) is 2.44. The first-order valence-electron chi connectivity index (χ1n) is 6.33. The summed E-state index contributed by atoms with van der Waals surface area (Å²) in [6, 6.07) is 6.43. The molecule has 102 valence electrons. The van der Waals surface area contributed by atoms with Crippen LogP contribution in [-0.2, 0) is 5.41 Å². The van der Waals surface area contributed by atoms with E-state index in [9.17, 15) is 0 Å². The highest BCUT2D eigenvalue weighted by molar-refractivity contribution is 7.98. The summed E-state index contributed by atoms with van der Waals surface area (Å²) in [6.07, 6.45) is 3.12. The second-order valence-electron chi connectivity index (χ2n) is 5.60. The molecule has 0 saturated carbocycles. The van der Waals surface area contributed by atoms with Crippen LogP contribution in [0.3, 0.4) is 0 Å². The summed E-state index contributed by atoms with van der Waals surface area (Å²) in [6.45, 7) is 6.59. The van der Waals surface area contributed by atoms with Crippen molar-refractivity contribution >= 4 is 11.8 Å². The van der Waals surface area contributed by atoms with Crippen molar-refractivity contribution in [2.24, 2.45) is 5.73 Å². The summed E-state index contributed by atoms with van der Waals surface area (Å²) in [5, 5.41) is 0. The fraction of sp³-hybridized carbons (Fsp3) is 0.600. The maximum absolute atomic E-state index is 6.23. The molecule has 1 unspecified atom stereocenters. The number of hydrogen-bond acceptors (Lipinski definition) is 3. The minimum Gasteiger partial charge on any atom is -0.496 e. The lowest BCUT2D eigenvalue weighted by Gasteiger charge is -2.24. The van der Waals surface area contributed by atoms with Crippen molar-refractivity contribution in [3.8, 4) is 5.75 Å². The number of methoxy groups -OCH3 is 1. The molecular weight excluding hydrogens is 242 g/mol. The summed E-state index contributed by atoms with van der Waals surface area (Å²) in [4.78, 5) is 0. The molecule has 3 heteroatoms. The van der Waals surface area contributed by atoms with E-state index in [1.165, 1.54) is 11.1 Å².